The Hall–Kier alpha value is -2.87. The maximum absolute atomic E-state index is 13.6. The standard InChI is InChI=1S/C25H30N2O5S/c1-4-32-22-14-17(10-11-21(22)31-2)20(12-13-33(3)30)27-15-18-6-5-7-19(23(18)25(27)29)26-24(28)16-8-9-16/h5-7,10-11,14,16,20H,4,8-9,12-13,15H2,1-3H3,(H,26,28)/t20-,33?/m1/s1. The number of amides is 2. The van der Waals surface area contributed by atoms with Gasteiger partial charge in [0, 0.05) is 35.3 Å². The van der Waals surface area contributed by atoms with E-state index in [9.17, 15) is 13.8 Å². The molecule has 2 aliphatic rings. The molecule has 0 radical (unpaired) electrons. The lowest BCUT2D eigenvalue weighted by molar-refractivity contribution is -0.117. The number of carbonyl (C=O) groups excluding carboxylic acids is 2. The predicted molar refractivity (Wildman–Crippen MR) is 128 cm³/mol. The number of benzene rings is 2. The largest absolute Gasteiger partial charge is 0.493 e. The van der Waals surface area contributed by atoms with E-state index in [2.05, 4.69) is 5.32 Å². The van der Waals surface area contributed by atoms with Crippen LogP contribution in [0.2, 0.25) is 0 Å². The normalized spacial score (nSPS) is 16.8. The van der Waals surface area contributed by atoms with E-state index in [0.717, 1.165) is 24.0 Å². The minimum atomic E-state index is -0.998. The summed E-state index contributed by atoms with van der Waals surface area (Å²) in [6.45, 7) is 2.82. The van der Waals surface area contributed by atoms with Gasteiger partial charge in [-0.25, -0.2) is 0 Å². The average molecular weight is 471 g/mol. The smallest absolute Gasteiger partial charge is 0.257 e. The molecule has 0 aromatic heterocycles. The van der Waals surface area contributed by atoms with Crippen LogP contribution in [0.3, 0.4) is 0 Å². The maximum Gasteiger partial charge on any atom is 0.257 e. The van der Waals surface area contributed by atoms with E-state index in [1.807, 2.05) is 42.2 Å². The molecule has 1 heterocycles. The molecule has 1 aliphatic carbocycles. The fourth-order valence-electron chi connectivity index (χ4n) is 4.27. The topological polar surface area (TPSA) is 84.9 Å². The Labute approximate surface area is 196 Å². The van der Waals surface area contributed by atoms with Crippen molar-refractivity contribution in [2.24, 2.45) is 5.92 Å². The zero-order valence-electron chi connectivity index (χ0n) is 19.3. The summed E-state index contributed by atoms with van der Waals surface area (Å²) in [6.07, 6.45) is 4.01. The lowest BCUT2D eigenvalue weighted by Crippen LogP contribution is -2.30. The van der Waals surface area contributed by atoms with Crippen LogP contribution in [0.25, 0.3) is 0 Å². The van der Waals surface area contributed by atoms with Crippen molar-refractivity contribution in [3.8, 4) is 11.5 Å². The lowest BCUT2D eigenvalue weighted by atomic mass is 10.0. The van der Waals surface area contributed by atoms with Crippen molar-refractivity contribution < 1.29 is 23.3 Å². The van der Waals surface area contributed by atoms with E-state index in [1.54, 1.807) is 19.4 Å². The van der Waals surface area contributed by atoms with Crippen LogP contribution in [0.15, 0.2) is 36.4 Å². The number of hydrogen-bond donors (Lipinski definition) is 1. The second-order valence-electron chi connectivity index (χ2n) is 8.46. The van der Waals surface area contributed by atoms with Gasteiger partial charge in [-0.2, -0.15) is 0 Å². The third-order valence-electron chi connectivity index (χ3n) is 6.10. The summed E-state index contributed by atoms with van der Waals surface area (Å²) in [4.78, 5) is 27.8. The van der Waals surface area contributed by atoms with Crippen molar-refractivity contribution in [1.29, 1.82) is 0 Å². The summed E-state index contributed by atoms with van der Waals surface area (Å²) in [6, 6.07) is 11.0. The van der Waals surface area contributed by atoms with Gasteiger partial charge in [-0.05, 0) is 55.5 Å². The number of methoxy groups -OCH3 is 1. The molecule has 0 saturated heterocycles. The number of rotatable bonds is 10. The van der Waals surface area contributed by atoms with Gasteiger partial charge in [0.2, 0.25) is 5.91 Å². The third kappa shape index (κ3) is 5.05. The van der Waals surface area contributed by atoms with E-state index >= 15 is 0 Å². The molecule has 2 amide bonds. The van der Waals surface area contributed by atoms with E-state index in [0.29, 0.717) is 48.1 Å². The highest BCUT2D eigenvalue weighted by molar-refractivity contribution is 7.84. The first-order chi connectivity index (χ1) is 15.9. The summed E-state index contributed by atoms with van der Waals surface area (Å²) in [5.74, 6) is 1.60. The van der Waals surface area contributed by atoms with E-state index in [-0.39, 0.29) is 23.8 Å². The van der Waals surface area contributed by atoms with Crippen molar-refractivity contribution >= 4 is 28.3 Å². The van der Waals surface area contributed by atoms with Crippen LogP contribution in [0.1, 0.15) is 53.7 Å². The minimum absolute atomic E-state index is 0.0240. The Morgan fingerprint density at radius 2 is 2.03 bits per heavy atom. The van der Waals surface area contributed by atoms with Crippen LogP contribution >= 0.6 is 0 Å². The molecule has 33 heavy (non-hydrogen) atoms. The van der Waals surface area contributed by atoms with Crippen LogP contribution in [-0.4, -0.2) is 46.6 Å². The fraction of sp³-hybridized carbons (Fsp3) is 0.440. The van der Waals surface area contributed by atoms with Gasteiger partial charge in [0.1, 0.15) is 0 Å². The SMILES string of the molecule is CCOc1cc([C@@H](CCS(C)=O)N2Cc3cccc(NC(=O)C4CC4)c3C2=O)ccc1OC. The Bertz CT molecular complexity index is 1080. The minimum Gasteiger partial charge on any atom is -0.493 e. The van der Waals surface area contributed by atoms with Gasteiger partial charge in [-0.1, -0.05) is 18.2 Å². The van der Waals surface area contributed by atoms with Crippen molar-refractivity contribution in [1.82, 2.24) is 4.90 Å². The summed E-state index contributed by atoms with van der Waals surface area (Å²) in [5.41, 5.74) is 2.90. The zero-order chi connectivity index (χ0) is 23.5. The number of nitrogens with one attached hydrogen (secondary N) is 1. The third-order valence-corrected chi connectivity index (χ3v) is 6.91. The maximum atomic E-state index is 13.6. The van der Waals surface area contributed by atoms with Crippen LogP contribution in [0.4, 0.5) is 5.69 Å². The number of anilines is 1. The highest BCUT2D eigenvalue weighted by Gasteiger charge is 2.37. The van der Waals surface area contributed by atoms with Gasteiger partial charge in [-0.3, -0.25) is 13.8 Å². The van der Waals surface area contributed by atoms with E-state index < -0.39 is 10.8 Å². The van der Waals surface area contributed by atoms with E-state index in [4.69, 9.17) is 9.47 Å². The van der Waals surface area contributed by atoms with Crippen molar-refractivity contribution in [3.05, 3.63) is 53.1 Å². The molecule has 2 aromatic rings. The molecule has 1 unspecified atom stereocenters. The Kier molecular flexibility index (Phi) is 7.02. The van der Waals surface area contributed by atoms with Crippen LogP contribution in [0, 0.1) is 5.92 Å². The second kappa shape index (κ2) is 9.95. The number of fused-ring (bicyclic) bond motifs is 1. The van der Waals surface area contributed by atoms with Gasteiger partial charge < -0.3 is 19.7 Å². The molecular weight excluding hydrogens is 440 g/mol. The summed E-state index contributed by atoms with van der Waals surface area (Å²) < 4.78 is 23.1. The molecule has 176 valence electrons. The molecule has 1 N–H and O–H groups in total. The first-order valence-corrected chi connectivity index (χ1v) is 13.0. The number of ether oxygens (including phenoxy) is 2. The first-order valence-electron chi connectivity index (χ1n) is 11.3. The summed E-state index contributed by atoms with van der Waals surface area (Å²) in [7, 11) is 0.593. The molecule has 2 aromatic carbocycles. The number of hydrogen-bond acceptors (Lipinski definition) is 5. The van der Waals surface area contributed by atoms with Crippen molar-refractivity contribution in [2.75, 3.05) is 31.0 Å². The Balaban J connectivity index is 1.66. The predicted octanol–water partition coefficient (Wildman–Crippen LogP) is 3.91. The average Bonchev–Trinajstić information content (AvgIpc) is 3.59. The molecule has 0 spiro atoms. The molecule has 4 rings (SSSR count). The molecule has 2 atom stereocenters. The molecule has 7 nitrogen and oxygen atoms in total. The van der Waals surface area contributed by atoms with Crippen molar-refractivity contribution in [3.63, 3.8) is 0 Å². The quantitative estimate of drug-likeness (QED) is 0.569. The van der Waals surface area contributed by atoms with Crippen LogP contribution in [-0.2, 0) is 22.1 Å². The van der Waals surface area contributed by atoms with E-state index in [1.165, 1.54) is 0 Å². The molecule has 1 fully saturated rings. The Morgan fingerprint density at radius 3 is 2.70 bits per heavy atom. The van der Waals surface area contributed by atoms with Gasteiger partial charge in [0.15, 0.2) is 11.5 Å². The lowest BCUT2D eigenvalue weighted by Gasteiger charge is -2.29. The first kappa shape index (κ1) is 23.3. The second-order valence-corrected chi connectivity index (χ2v) is 10.0. The van der Waals surface area contributed by atoms with Gasteiger partial charge in [-0.15, -0.1) is 0 Å². The fourth-order valence-corrected chi connectivity index (χ4v) is 4.82. The van der Waals surface area contributed by atoms with Gasteiger partial charge in [0.05, 0.1) is 31.0 Å². The number of nitrogens with zero attached hydrogens (tertiary/aromatic N) is 1. The molecule has 1 aliphatic heterocycles. The Morgan fingerprint density at radius 1 is 1.24 bits per heavy atom. The highest BCUT2D eigenvalue weighted by atomic mass is 32.2. The monoisotopic (exact) mass is 470 g/mol. The summed E-state index contributed by atoms with van der Waals surface area (Å²) in [5, 5.41) is 2.95. The molecule has 8 heteroatoms. The number of carbonyl (C=O) groups is 2. The van der Waals surface area contributed by atoms with Crippen LogP contribution < -0.4 is 14.8 Å². The van der Waals surface area contributed by atoms with Crippen LogP contribution in [0.5, 0.6) is 11.5 Å². The summed E-state index contributed by atoms with van der Waals surface area (Å²) >= 11 is 0. The molecule has 1 saturated carbocycles. The van der Waals surface area contributed by atoms with Gasteiger partial charge >= 0.3 is 0 Å². The molecule has 0 bridgehead atoms. The molecular formula is C25H30N2O5S. The van der Waals surface area contributed by atoms with Crippen molar-refractivity contribution in [2.45, 2.75) is 38.8 Å². The van der Waals surface area contributed by atoms with Gasteiger partial charge in [0.25, 0.3) is 5.91 Å². The highest BCUT2D eigenvalue weighted by Crippen LogP contribution is 2.40. The zero-order valence-corrected chi connectivity index (χ0v) is 20.1.